The van der Waals surface area contributed by atoms with Crippen molar-refractivity contribution >= 4 is 0 Å². The molecule has 0 aliphatic rings. The third-order valence-electron chi connectivity index (χ3n) is 1.33. The Morgan fingerprint density at radius 2 is 1.67 bits per heavy atom. The van der Waals surface area contributed by atoms with Crippen molar-refractivity contribution in [2.75, 3.05) is 0 Å². The molecule has 0 bridgehead atoms. The van der Waals surface area contributed by atoms with E-state index in [1.54, 1.807) is 5.92 Å². The second-order valence-corrected chi connectivity index (χ2v) is 2.47. The summed E-state index contributed by atoms with van der Waals surface area (Å²) in [5.41, 5.74) is 0. The first-order chi connectivity index (χ1) is 4.31. The molecule has 0 aliphatic heterocycles. The monoisotopic (exact) mass is 400 g/mol. The minimum absolute atomic E-state index is 0. The normalized spacial score (nSPS) is 8.00. The number of unbranched alkanes of at least 4 members (excludes halogenated alkanes) is 1. The van der Waals surface area contributed by atoms with E-state index in [4.69, 9.17) is 0 Å². The molecule has 3 radical (unpaired) electrons. The van der Waals surface area contributed by atoms with Crippen molar-refractivity contribution in [1.82, 2.24) is 0 Å². The Balaban J connectivity index is -0.0000000152. The largest absolute Gasteiger partial charge is 0.374 e. The van der Waals surface area contributed by atoms with E-state index >= 15 is 0 Å². The summed E-state index contributed by atoms with van der Waals surface area (Å²) < 4.78 is 0. The molecule has 0 atom stereocenters. The zero-order valence-electron chi connectivity index (χ0n) is 8.51. The Labute approximate surface area is 160 Å². The van der Waals surface area contributed by atoms with Crippen molar-refractivity contribution in [2.24, 2.45) is 0 Å². The van der Waals surface area contributed by atoms with Gasteiger partial charge in [0, 0.05) is 104 Å². The van der Waals surface area contributed by atoms with Gasteiger partial charge in [0.1, 0.15) is 0 Å². The van der Waals surface area contributed by atoms with Crippen LogP contribution in [-0.2, 0) is 98.1 Å². The molecule has 0 saturated carbocycles. The first-order valence-electron chi connectivity index (χ1n) is 3.72. The molecule has 0 spiro atoms. The van der Waals surface area contributed by atoms with Crippen LogP contribution in [0.15, 0.2) is 0 Å². The maximum Gasteiger partial charge on any atom is 0 e. The number of hydrogen-bond donors (Lipinski definition) is 0. The first kappa shape index (κ1) is 24.5. The molecular weight excluding hydrogens is 375 g/mol. The standard InChI is InChI=1S/C9H17.3Y.4H2/c1-4-6-8-9(3)7-5-2;;;;;;;/h5-6H,4,7-8H2,1-3H3;;;;4*1H/q-3;;;;;;;. The third kappa shape index (κ3) is 19.0. The van der Waals surface area contributed by atoms with Gasteiger partial charge in [-0.1, -0.05) is 6.92 Å². The molecule has 0 N–H and O–H groups in total. The Bertz CT molecular complexity index is 70.7. The molecule has 0 aromatic rings. The molecule has 0 aliphatic carbocycles. The topological polar surface area (TPSA) is 0 Å². The van der Waals surface area contributed by atoms with Crippen molar-refractivity contribution in [3.8, 4) is 0 Å². The fourth-order valence-corrected chi connectivity index (χ4v) is 0.823. The van der Waals surface area contributed by atoms with Crippen LogP contribution in [0.1, 0.15) is 45.7 Å². The Hall–Kier alpha value is 3.31. The van der Waals surface area contributed by atoms with Gasteiger partial charge >= 0.3 is 0 Å². The minimum Gasteiger partial charge on any atom is -0.374 e. The van der Waals surface area contributed by atoms with Crippen molar-refractivity contribution in [3.63, 3.8) is 0 Å². The van der Waals surface area contributed by atoms with Crippen molar-refractivity contribution in [3.05, 3.63) is 18.8 Å². The van der Waals surface area contributed by atoms with Gasteiger partial charge in [0.05, 0.1) is 0 Å². The van der Waals surface area contributed by atoms with E-state index < -0.39 is 0 Å². The van der Waals surface area contributed by atoms with Gasteiger partial charge in [-0.2, -0.15) is 20.3 Å². The van der Waals surface area contributed by atoms with E-state index in [1.165, 1.54) is 19.3 Å². The third-order valence-corrected chi connectivity index (χ3v) is 1.33. The Kier molecular flexibility index (Phi) is 40.5. The molecule has 73 valence electrons. The van der Waals surface area contributed by atoms with E-state index in [1.807, 2.05) is 0 Å². The summed E-state index contributed by atoms with van der Waals surface area (Å²) in [7, 11) is 0. The number of hydrogen-bond acceptors (Lipinski definition) is 0. The fourth-order valence-electron chi connectivity index (χ4n) is 0.823. The van der Waals surface area contributed by atoms with Gasteiger partial charge in [-0.05, 0) is 0 Å². The zero-order valence-corrected chi connectivity index (χ0v) is 17.0. The second kappa shape index (κ2) is 19.8. The Morgan fingerprint density at radius 1 is 1.17 bits per heavy atom. The van der Waals surface area contributed by atoms with E-state index in [9.17, 15) is 0 Å². The van der Waals surface area contributed by atoms with Gasteiger partial charge in [-0.15, -0.1) is 0 Å². The van der Waals surface area contributed by atoms with Crippen molar-refractivity contribution in [2.45, 2.75) is 40.0 Å². The molecule has 0 rings (SSSR count). The predicted octanol–water partition coefficient (Wildman–Crippen LogP) is 4.18. The molecule has 0 heterocycles. The molecular formula is C9H25Y3-3. The smallest absolute Gasteiger partial charge is 0 e. The van der Waals surface area contributed by atoms with Crippen LogP contribution in [0.4, 0.5) is 0 Å². The van der Waals surface area contributed by atoms with Gasteiger partial charge in [0.15, 0.2) is 0 Å². The molecule has 0 unspecified atom stereocenters. The van der Waals surface area contributed by atoms with Crippen LogP contribution in [0.2, 0.25) is 0 Å². The molecule has 0 amide bonds. The van der Waals surface area contributed by atoms with Crippen LogP contribution in [0.3, 0.4) is 0 Å². The van der Waals surface area contributed by atoms with Crippen molar-refractivity contribution < 1.29 is 104 Å². The summed E-state index contributed by atoms with van der Waals surface area (Å²) in [5.74, 6) is 1.57. The number of rotatable bonds is 5. The molecule has 0 nitrogen and oxygen atoms in total. The molecule has 12 heavy (non-hydrogen) atoms. The quantitative estimate of drug-likeness (QED) is 0.608. The van der Waals surface area contributed by atoms with Crippen LogP contribution in [0.25, 0.3) is 0 Å². The summed E-state index contributed by atoms with van der Waals surface area (Å²) in [6.45, 7) is 6.50. The van der Waals surface area contributed by atoms with Crippen LogP contribution in [-0.4, -0.2) is 0 Å². The summed E-state index contributed by atoms with van der Waals surface area (Å²) in [6, 6.07) is 0. The fraction of sp³-hybridized carbons (Fsp3) is 0.667. The van der Waals surface area contributed by atoms with Crippen LogP contribution < -0.4 is 0 Å². The molecule has 0 saturated heterocycles. The van der Waals surface area contributed by atoms with E-state index in [0.29, 0.717) is 0 Å². The van der Waals surface area contributed by atoms with Crippen LogP contribution in [0.5, 0.6) is 0 Å². The molecule has 0 aromatic carbocycles. The molecule has 0 fully saturated rings. The van der Waals surface area contributed by atoms with Gasteiger partial charge < -0.3 is 31.6 Å². The van der Waals surface area contributed by atoms with E-state index in [0.717, 1.165) is 0 Å². The summed E-state index contributed by atoms with van der Waals surface area (Å²) >= 11 is 0. The van der Waals surface area contributed by atoms with Crippen molar-refractivity contribution in [1.29, 1.82) is 0 Å². The van der Waals surface area contributed by atoms with Gasteiger partial charge in [-0.3, -0.25) is 0 Å². The van der Waals surface area contributed by atoms with Gasteiger partial charge in [0.2, 0.25) is 0 Å². The zero-order chi connectivity index (χ0) is 7.11. The summed E-state index contributed by atoms with van der Waals surface area (Å²) in [4.78, 5) is 0. The average molecular weight is 400 g/mol. The molecule has 0 aromatic heterocycles. The van der Waals surface area contributed by atoms with Gasteiger partial charge in [-0.25, -0.2) is 0 Å². The first-order valence-corrected chi connectivity index (χ1v) is 3.72. The van der Waals surface area contributed by atoms with Crippen LogP contribution >= 0.6 is 0 Å². The SMILES string of the molecule is C[CH-]C[C-](C)C[CH-]CC.[HH].[HH].[HH].[HH].[Y].[Y].[Y]. The molecule has 3 heteroatoms. The maximum atomic E-state index is 2.32. The minimum atomic E-state index is 0. The second-order valence-electron chi connectivity index (χ2n) is 2.47. The average Bonchev–Trinajstić information content (AvgIpc) is 1.85. The summed E-state index contributed by atoms with van der Waals surface area (Å²) in [6.07, 6.45) is 8.09. The maximum absolute atomic E-state index is 2.32. The summed E-state index contributed by atoms with van der Waals surface area (Å²) in [5, 5.41) is 0. The Morgan fingerprint density at radius 3 is 2.00 bits per heavy atom. The van der Waals surface area contributed by atoms with E-state index in [2.05, 4.69) is 33.6 Å². The van der Waals surface area contributed by atoms with E-state index in [-0.39, 0.29) is 104 Å². The van der Waals surface area contributed by atoms with Gasteiger partial charge in [0.25, 0.3) is 0 Å². The van der Waals surface area contributed by atoms with Crippen LogP contribution in [0, 0.1) is 18.8 Å². The predicted molar refractivity (Wildman–Crippen MR) is 51.2 cm³/mol.